The maximum atomic E-state index is 13.1. The molecule has 0 saturated heterocycles. The molecule has 0 spiro atoms. The number of hydrogen-bond donors (Lipinski definition) is 2. The van der Waals surface area contributed by atoms with E-state index in [9.17, 15) is 22.4 Å². The molecule has 0 atom stereocenters. The predicted molar refractivity (Wildman–Crippen MR) is 55.9 cm³/mol. The molecule has 100 valence electrons. The van der Waals surface area contributed by atoms with Gasteiger partial charge in [-0.05, 0) is 24.3 Å². The number of nitrogens with zero attached hydrogens (tertiary/aromatic N) is 1. The summed E-state index contributed by atoms with van der Waals surface area (Å²) in [6.45, 7) is 0. The number of H-pyrrole nitrogens is 1. The topological polar surface area (TPSA) is 66.0 Å². The fraction of sp³-hybridized carbons (Fsp3) is 0.0909. The molecule has 1 aromatic carbocycles. The molecule has 0 aliphatic carbocycles. The number of aromatic nitrogens is 2. The summed E-state index contributed by atoms with van der Waals surface area (Å²) in [5, 5.41) is 14.2. The molecule has 1 aromatic heterocycles. The molecule has 2 N–H and O–H groups in total. The minimum Gasteiger partial charge on any atom is -0.477 e. The molecule has 8 heteroatoms. The Morgan fingerprint density at radius 3 is 2.47 bits per heavy atom. The van der Waals surface area contributed by atoms with Crippen molar-refractivity contribution in [2.75, 3.05) is 0 Å². The van der Waals surface area contributed by atoms with Crippen LogP contribution in [0.3, 0.4) is 0 Å². The van der Waals surface area contributed by atoms with E-state index >= 15 is 0 Å². The van der Waals surface area contributed by atoms with Crippen LogP contribution in [0.1, 0.15) is 16.1 Å². The highest BCUT2D eigenvalue weighted by atomic mass is 19.4. The average Bonchev–Trinajstić information content (AvgIpc) is 2.76. The van der Waals surface area contributed by atoms with Gasteiger partial charge >= 0.3 is 12.1 Å². The Bertz CT molecular complexity index is 634. The van der Waals surface area contributed by atoms with E-state index in [0.717, 1.165) is 6.07 Å². The summed E-state index contributed by atoms with van der Waals surface area (Å²) in [7, 11) is 0. The van der Waals surface area contributed by atoms with E-state index in [1.54, 1.807) is 0 Å². The zero-order chi connectivity index (χ0) is 14.2. The van der Waals surface area contributed by atoms with Crippen molar-refractivity contribution in [2.24, 2.45) is 0 Å². The molecular weight excluding hydrogens is 268 g/mol. The Morgan fingerprint density at radius 1 is 1.26 bits per heavy atom. The number of nitrogens with one attached hydrogen (secondary N) is 1. The van der Waals surface area contributed by atoms with Crippen LogP contribution in [0, 0.1) is 5.82 Å². The number of carboxylic acid groups (broad SMARTS) is 1. The number of carbonyl (C=O) groups is 1. The maximum absolute atomic E-state index is 13.1. The Kier molecular flexibility index (Phi) is 3.01. The molecule has 0 amide bonds. The van der Waals surface area contributed by atoms with Crippen LogP contribution in [-0.4, -0.2) is 21.3 Å². The Morgan fingerprint density at radius 2 is 1.95 bits per heavy atom. The minimum atomic E-state index is -4.69. The normalized spacial score (nSPS) is 11.6. The summed E-state index contributed by atoms with van der Waals surface area (Å²) in [6.07, 6.45) is -4.69. The first kappa shape index (κ1) is 13.1. The van der Waals surface area contributed by atoms with Crippen LogP contribution in [0.25, 0.3) is 11.3 Å². The number of aromatic carboxylic acids is 1. The largest absolute Gasteiger partial charge is 0.477 e. The van der Waals surface area contributed by atoms with Crippen LogP contribution >= 0.6 is 0 Å². The Labute approximate surface area is 103 Å². The number of halogens is 4. The molecule has 0 aliphatic rings. The molecule has 0 unspecified atom stereocenters. The van der Waals surface area contributed by atoms with E-state index in [1.807, 2.05) is 0 Å². The molecule has 0 saturated carbocycles. The van der Waals surface area contributed by atoms with Crippen molar-refractivity contribution >= 4 is 5.97 Å². The summed E-state index contributed by atoms with van der Waals surface area (Å²) in [4.78, 5) is 10.6. The lowest BCUT2D eigenvalue weighted by molar-refractivity contribution is -0.137. The predicted octanol–water partition coefficient (Wildman–Crippen LogP) is 2.93. The summed E-state index contributed by atoms with van der Waals surface area (Å²) in [5.41, 5.74) is -2.27. The van der Waals surface area contributed by atoms with Crippen molar-refractivity contribution < 1.29 is 27.5 Å². The quantitative estimate of drug-likeness (QED) is 0.827. The van der Waals surface area contributed by atoms with Gasteiger partial charge in [-0.15, -0.1) is 0 Å². The van der Waals surface area contributed by atoms with E-state index in [2.05, 4.69) is 10.2 Å². The average molecular weight is 274 g/mol. The van der Waals surface area contributed by atoms with Gasteiger partial charge in [-0.25, -0.2) is 9.18 Å². The number of hydrogen-bond acceptors (Lipinski definition) is 2. The van der Waals surface area contributed by atoms with E-state index in [4.69, 9.17) is 5.11 Å². The molecule has 1 heterocycles. The summed E-state index contributed by atoms with van der Waals surface area (Å²) in [5.74, 6) is -2.24. The lowest BCUT2D eigenvalue weighted by Gasteiger charge is -2.10. The maximum Gasteiger partial charge on any atom is 0.417 e. The van der Waals surface area contributed by atoms with Gasteiger partial charge in [-0.3, -0.25) is 5.10 Å². The van der Waals surface area contributed by atoms with Crippen molar-refractivity contribution in [3.63, 3.8) is 0 Å². The molecule has 0 bridgehead atoms. The molecule has 0 radical (unpaired) electrons. The first-order valence-electron chi connectivity index (χ1n) is 4.95. The van der Waals surface area contributed by atoms with Gasteiger partial charge in [0.15, 0.2) is 0 Å². The smallest absolute Gasteiger partial charge is 0.417 e. The van der Waals surface area contributed by atoms with Gasteiger partial charge in [0.25, 0.3) is 0 Å². The van der Waals surface area contributed by atoms with Crippen molar-refractivity contribution in [3.05, 3.63) is 41.3 Å². The minimum absolute atomic E-state index is 0.288. The zero-order valence-corrected chi connectivity index (χ0v) is 9.12. The second kappa shape index (κ2) is 4.38. The van der Waals surface area contributed by atoms with Gasteiger partial charge in [0, 0.05) is 5.56 Å². The number of alkyl halides is 3. The van der Waals surface area contributed by atoms with Crippen molar-refractivity contribution in [3.8, 4) is 11.3 Å². The second-order valence-electron chi connectivity index (χ2n) is 3.66. The lowest BCUT2D eigenvalue weighted by atomic mass is 10.0. The van der Waals surface area contributed by atoms with Crippen LogP contribution in [0.4, 0.5) is 17.6 Å². The fourth-order valence-electron chi connectivity index (χ4n) is 1.54. The van der Waals surface area contributed by atoms with Gasteiger partial charge in [0.1, 0.15) is 11.5 Å². The standard InChI is InChI=1S/C11H6F4N2O2/c12-5-1-2-7(11(13,14)15)6(3-5)8-4-9(10(18)19)17-16-8/h1-4H,(H,16,17)(H,18,19). The molecule has 0 aliphatic heterocycles. The van der Waals surface area contributed by atoms with Crippen LogP contribution < -0.4 is 0 Å². The highest BCUT2D eigenvalue weighted by molar-refractivity contribution is 5.87. The molecule has 2 aromatic rings. The van der Waals surface area contributed by atoms with Gasteiger partial charge in [0.05, 0.1) is 11.3 Å². The summed E-state index contributed by atoms with van der Waals surface area (Å²) in [6, 6.07) is 2.83. The molecular formula is C11H6F4N2O2. The van der Waals surface area contributed by atoms with E-state index in [1.165, 1.54) is 0 Å². The van der Waals surface area contributed by atoms with Crippen molar-refractivity contribution in [1.82, 2.24) is 10.2 Å². The molecule has 0 fully saturated rings. The number of aromatic amines is 1. The summed E-state index contributed by atoms with van der Waals surface area (Å²) >= 11 is 0. The number of rotatable bonds is 2. The lowest BCUT2D eigenvalue weighted by Crippen LogP contribution is -2.07. The van der Waals surface area contributed by atoms with Gasteiger partial charge in [-0.2, -0.15) is 18.3 Å². The van der Waals surface area contributed by atoms with E-state index in [0.29, 0.717) is 18.2 Å². The van der Waals surface area contributed by atoms with E-state index in [-0.39, 0.29) is 11.4 Å². The third-order valence-corrected chi connectivity index (χ3v) is 2.37. The first-order valence-corrected chi connectivity index (χ1v) is 4.95. The third-order valence-electron chi connectivity index (χ3n) is 2.37. The van der Waals surface area contributed by atoms with Crippen LogP contribution in [0.2, 0.25) is 0 Å². The Hall–Kier alpha value is -2.38. The Balaban J connectivity index is 2.59. The summed E-state index contributed by atoms with van der Waals surface area (Å²) < 4.78 is 51.3. The molecule has 19 heavy (non-hydrogen) atoms. The van der Waals surface area contributed by atoms with Crippen LogP contribution in [0.15, 0.2) is 24.3 Å². The zero-order valence-electron chi connectivity index (χ0n) is 9.12. The number of carboxylic acids is 1. The van der Waals surface area contributed by atoms with Crippen LogP contribution in [0.5, 0.6) is 0 Å². The van der Waals surface area contributed by atoms with Gasteiger partial charge in [-0.1, -0.05) is 0 Å². The van der Waals surface area contributed by atoms with E-state index < -0.39 is 29.1 Å². The molecule has 4 nitrogen and oxygen atoms in total. The molecule has 2 rings (SSSR count). The monoisotopic (exact) mass is 274 g/mol. The third kappa shape index (κ3) is 2.56. The van der Waals surface area contributed by atoms with Gasteiger partial charge < -0.3 is 5.11 Å². The van der Waals surface area contributed by atoms with Crippen molar-refractivity contribution in [1.29, 1.82) is 0 Å². The first-order chi connectivity index (χ1) is 8.79. The highest BCUT2D eigenvalue weighted by Gasteiger charge is 2.34. The fourth-order valence-corrected chi connectivity index (χ4v) is 1.54. The second-order valence-corrected chi connectivity index (χ2v) is 3.66. The van der Waals surface area contributed by atoms with Gasteiger partial charge in [0.2, 0.25) is 0 Å². The highest BCUT2D eigenvalue weighted by Crippen LogP contribution is 2.36. The van der Waals surface area contributed by atoms with Crippen LogP contribution in [-0.2, 0) is 6.18 Å². The number of benzene rings is 1. The van der Waals surface area contributed by atoms with Crippen molar-refractivity contribution in [2.45, 2.75) is 6.18 Å². The SMILES string of the molecule is O=C(O)c1cc(-c2cc(F)ccc2C(F)(F)F)n[nH]1.